The summed E-state index contributed by atoms with van der Waals surface area (Å²) >= 11 is 3.61. The van der Waals surface area contributed by atoms with E-state index in [1.54, 1.807) is 0 Å². The number of carboxylic acid groups (broad SMARTS) is 1. The monoisotopic (exact) mass is 338 g/mol. The maximum absolute atomic E-state index is 11.0. The SMILES string of the molecule is CCC(C)N(CC(=O)O)Cc1[nH]c2ccccc2c1Br. The maximum Gasteiger partial charge on any atom is 0.317 e. The fourth-order valence-corrected chi connectivity index (χ4v) is 2.85. The van der Waals surface area contributed by atoms with Crippen molar-refractivity contribution >= 4 is 32.8 Å². The van der Waals surface area contributed by atoms with Gasteiger partial charge in [-0.25, -0.2) is 0 Å². The van der Waals surface area contributed by atoms with Gasteiger partial charge in [0.25, 0.3) is 0 Å². The molecule has 0 spiro atoms. The van der Waals surface area contributed by atoms with Crippen LogP contribution in [0, 0.1) is 0 Å². The Labute approximate surface area is 126 Å². The van der Waals surface area contributed by atoms with Crippen molar-refractivity contribution in [3.8, 4) is 0 Å². The number of H-pyrrole nitrogens is 1. The summed E-state index contributed by atoms with van der Waals surface area (Å²) in [4.78, 5) is 16.3. The largest absolute Gasteiger partial charge is 0.480 e. The van der Waals surface area contributed by atoms with Crippen LogP contribution in [0.4, 0.5) is 0 Å². The van der Waals surface area contributed by atoms with Crippen LogP contribution in [0.3, 0.4) is 0 Å². The number of aromatic nitrogens is 1. The van der Waals surface area contributed by atoms with Crippen molar-refractivity contribution in [1.29, 1.82) is 0 Å². The Hall–Kier alpha value is -1.33. The minimum atomic E-state index is -0.794. The lowest BCUT2D eigenvalue weighted by Crippen LogP contribution is -2.36. The molecule has 0 saturated heterocycles. The first kappa shape index (κ1) is 15.1. The number of carbonyl (C=O) groups is 1. The lowest BCUT2D eigenvalue weighted by Gasteiger charge is -2.26. The predicted octanol–water partition coefficient (Wildman–Crippen LogP) is 3.62. The van der Waals surface area contributed by atoms with E-state index in [4.69, 9.17) is 5.11 Å². The number of fused-ring (bicyclic) bond motifs is 1. The third-order valence-electron chi connectivity index (χ3n) is 3.63. The molecule has 1 atom stereocenters. The first-order valence-electron chi connectivity index (χ1n) is 6.73. The van der Waals surface area contributed by atoms with E-state index < -0.39 is 5.97 Å². The lowest BCUT2D eigenvalue weighted by molar-refractivity contribution is -0.139. The van der Waals surface area contributed by atoms with E-state index in [0.717, 1.165) is 27.5 Å². The number of nitrogens with one attached hydrogen (secondary N) is 1. The molecule has 0 fully saturated rings. The summed E-state index contributed by atoms with van der Waals surface area (Å²) < 4.78 is 1.02. The van der Waals surface area contributed by atoms with Gasteiger partial charge in [-0.2, -0.15) is 0 Å². The Morgan fingerprint density at radius 1 is 1.45 bits per heavy atom. The molecule has 1 unspecified atom stereocenters. The van der Waals surface area contributed by atoms with Crippen molar-refractivity contribution in [1.82, 2.24) is 9.88 Å². The van der Waals surface area contributed by atoms with Crippen molar-refractivity contribution in [2.24, 2.45) is 0 Å². The summed E-state index contributed by atoms with van der Waals surface area (Å²) in [6.45, 7) is 4.77. The van der Waals surface area contributed by atoms with E-state index in [2.05, 4.69) is 34.8 Å². The van der Waals surface area contributed by atoms with Gasteiger partial charge in [-0.3, -0.25) is 9.69 Å². The first-order valence-corrected chi connectivity index (χ1v) is 7.53. The minimum absolute atomic E-state index is 0.0524. The van der Waals surface area contributed by atoms with Gasteiger partial charge in [0.1, 0.15) is 0 Å². The zero-order valence-electron chi connectivity index (χ0n) is 11.7. The van der Waals surface area contributed by atoms with Crippen molar-refractivity contribution in [3.05, 3.63) is 34.4 Å². The van der Waals surface area contributed by atoms with Crippen LogP contribution in [0.2, 0.25) is 0 Å². The Morgan fingerprint density at radius 2 is 2.15 bits per heavy atom. The van der Waals surface area contributed by atoms with Crippen molar-refractivity contribution in [2.45, 2.75) is 32.9 Å². The third-order valence-corrected chi connectivity index (χ3v) is 4.53. The van der Waals surface area contributed by atoms with Crippen LogP contribution in [0.15, 0.2) is 28.7 Å². The van der Waals surface area contributed by atoms with Crippen LogP contribution in [0.25, 0.3) is 10.9 Å². The molecule has 20 heavy (non-hydrogen) atoms. The molecule has 2 rings (SSSR count). The molecule has 0 aliphatic heterocycles. The van der Waals surface area contributed by atoms with Gasteiger partial charge < -0.3 is 10.1 Å². The van der Waals surface area contributed by atoms with E-state index >= 15 is 0 Å². The van der Waals surface area contributed by atoms with E-state index in [-0.39, 0.29) is 12.6 Å². The Kier molecular flexibility index (Phi) is 4.83. The Balaban J connectivity index is 2.28. The third kappa shape index (κ3) is 3.22. The molecule has 0 aliphatic rings. The second kappa shape index (κ2) is 6.41. The molecule has 5 heteroatoms. The van der Waals surface area contributed by atoms with Gasteiger partial charge in [-0.1, -0.05) is 25.1 Å². The maximum atomic E-state index is 11.0. The molecule has 0 aliphatic carbocycles. The number of hydrogen-bond acceptors (Lipinski definition) is 2. The lowest BCUT2D eigenvalue weighted by atomic mass is 10.2. The normalized spacial score (nSPS) is 13.0. The van der Waals surface area contributed by atoms with Gasteiger partial charge in [-0.05, 0) is 35.3 Å². The number of halogens is 1. The number of nitrogens with zero attached hydrogens (tertiary/aromatic N) is 1. The fraction of sp³-hybridized carbons (Fsp3) is 0.400. The molecule has 0 amide bonds. The van der Waals surface area contributed by atoms with Crippen LogP contribution in [0.1, 0.15) is 26.0 Å². The van der Waals surface area contributed by atoms with Gasteiger partial charge in [0.15, 0.2) is 0 Å². The van der Waals surface area contributed by atoms with E-state index in [9.17, 15) is 4.79 Å². The smallest absolute Gasteiger partial charge is 0.317 e. The highest BCUT2D eigenvalue weighted by Gasteiger charge is 2.19. The molecule has 4 nitrogen and oxygen atoms in total. The number of benzene rings is 1. The van der Waals surface area contributed by atoms with Gasteiger partial charge in [-0.15, -0.1) is 0 Å². The summed E-state index contributed by atoms with van der Waals surface area (Å²) in [5.74, 6) is -0.794. The molecule has 0 radical (unpaired) electrons. The number of carboxylic acids is 1. The van der Waals surface area contributed by atoms with E-state index in [0.29, 0.717) is 6.54 Å². The molecule has 2 N–H and O–H groups in total. The predicted molar refractivity (Wildman–Crippen MR) is 83.8 cm³/mol. The molecule has 1 heterocycles. The summed E-state index contributed by atoms with van der Waals surface area (Å²) in [6, 6.07) is 8.27. The van der Waals surface area contributed by atoms with Gasteiger partial charge in [0.05, 0.1) is 6.54 Å². The van der Waals surface area contributed by atoms with Crippen LogP contribution in [-0.4, -0.2) is 33.5 Å². The number of aromatic amines is 1. The minimum Gasteiger partial charge on any atom is -0.480 e. The second-order valence-corrected chi connectivity index (χ2v) is 5.81. The topological polar surface area (TPSA) is 56.3 Å². The van der Waals surface area contributed by atoms with Gasteiger partial charge >= 0.3 is 5.97 Å². The second-order valence-electron chi connectivity index (χ2n) is 5.02. The highest BCUT2D eigenvalue weighted by molar-refractivity contribution is 9.10. The average Bonchev–Trinajstić information content (AvgIpc) is 2.74. The summed E-state index contributed by atoms with van der Waals surface area (Å²) in [7, 11) is 0. The molecule has 0 saturated carbocycles. The van der Waals surface area contributed by atoms with Gasteiger partial charge in [0.2, 0.25) is 0 Å². The first-order chi connectivity index (χ1) is 9.52. The molecule has 0 bridgehead atoms. The molecule has 2 aromatic rings. The standard InChI is InChI=1S/C15H19BrN2O2/c1-3-10(2)18(9-14(19)20)8-13-15(16)11-6-4-5-7-12(11)17-13/h4-7,10,17H,3,8-9H2,1-2H3,(H,19,20). The molecule has 108 valence electrons. The number of para-hydroxylation sites is 1. The molecule has 1 aromatic carbocycles. The zero-order valence-corrected chi connectivity index (χ0v) is 13.3. The number of aliphatic carboxylic acids is 1. The molecular formula is C15H19BrN2O2. The van der Waals surface area contributed by atoms with Crippen LogP contribution in [0.5, 0.6) is 0 Å². The van der Waals surface area contributed by atoms with Crippen LogP contribution >= 0.6 is 15.9 Å². The number of hydrogen-bond donors (Lipinski definition) is 2. The fourth-order valence-electron chi connectivity index (χ4n) is 2.28. The quantitative estimate of drug-likeness (QED) is 0.845. The van der Waals surface area contributed by atoms with Gasteiger partial charge in [0, 0.05) is 33.7 Å². The molecule has 1 aromatic heterocycles. The Bertz CT molecular complexity index is 609. The van der Waals surface area contributed by atoms with Crippen LogP contribution in [-0.2, 0) is 11.3 Å². The van der Waals surface area contributed by atoms with Crippen molar-refractivity contribution < 1.29 is 9.90 Å². The highest BCUT2D eigenvalue weighted by atomic mass is 79.9. The van der Waals surface area contributed by atoms with Crippen molar-refractivity contribution in [2.75, 3.05) is 6.54 Å². The van der Waals surface area contributed by atoms with E-state index in [1.165, 1.54) is 0 Å². The number of rotatable bonds is 6. The van der Waals surface area contributed by atoms with Crippen molar-refractivity contribution in [3.63, 3.8) is 0 Å². The zero-order chi connectivity index (χ0) is 14.7. The molecular weight excluding hydrogens is 320 g/mol. The Morgan fingerprint density at radius 3 is 2.75 bits per heavy atom. The summed E-state index contributed by atoms with van der Waals surface area (Å²) in [5.41, 5.74) is 2.08. The summed E-state index contributed by atoms with van der Waals surface area (Å²) in [5, 5.41) is 10.2. The highest BCUT2D eigenvalue weighted by Crippen LogP contribution is 2.29. The van der Waals surface area contributed by atoms with Crippen LogP contribution < -0.4 is 0 Å². The van der Waals surface area contributed by atoms with E-state index in [1.807, 2.05) is 29.2 Å². The average molecular weight is 339 g/mol. The summed E-state index contributed by atoms with van der Waals surface area (Å²) in [6.07, 6.45) is 0.922.